The van der Waals surface area contributed by atoms with Crippen LogP contribution in [-0.4, -0.2) is 37.0 Å². The highest BCUT2D eigenvalue weighted by atomic mass is 16.6. The average Bonchev–Trinajstić information content (AvgIpc) is 3.16. The van der Waals surface area contributed by atoms with E-state index in [2.05, 4.69) is 111 Å². The summed E-state index contributed by atoms with van der Waals surface area (Å²) in [5.74, 6) is -0.244. The maximum atomic E-state index is 12.2. The minimum Gasteiger partial charge on any atom is -0.457 e. The third-order valence-electron chi connectivity index (χ3n) is 8.90. The molecule has 0 aliphatic carbocycles. The van der Waals surface area contributed by atoms with E-state index in [9.17, 15) is 9.90 Å². The lowest BCUT2D eigenvalue weighted by atomic mass is 10.0. The molecule has 0 rings (SSSR count). The highest BCUT2D eigenvalue weighted by molar-refractivity contribution is 5.69. The van der Waals surface area contributed by atoms with Gasteiger partial charge in [-0.15, -0.1) is 0 Å². The number of hydrogen-bond donors (Lipinski definition) is 1. The van der Waals surface area contributed by atoms with Gasteiger partial charge in [-0.3, -0.25) is 4.79 Å². The number of aliphatic hydroxyl groups is 1. The van der Waals surface area contributed by atoms with Gasteiger partial charge in [-0.25, -0.2) is 0 Å². The van der Waals surface area contributed by atoms with Crippen molar-refractivity contribution in [3.8, 4) is 0 Å². The lowest BCUT2D eigenvalue weighted by Gasteiger charge is -2.15. The zero-order valence-corrected chi connectivity index (χ0v) is 34.5. The van der Waals surface area contributed by atoms with Gasteiger partial charge in [0, 0.05) is 13.0 Å². The van der Waals surface area contributed by atoms with Gasteiger partial charge in [0.15, 0.2) is 0 Å². The third kappa shape index (κ3) is 43.6. The molecule has 4 heteroatoms. The Labute approximate surface area is 328 Å². The molecule has 0 aromatic carbocycles. The van der Waals surface area contributed by atoms with Crippen LogP contribution in [-0.2, 0) is 14.3 Å². The molecule has 0 spiro atoms. The van der Waals surface area contributed by atoms with Crippen molar-refractivity contribution in [2.45, 2.75) is 187 Å². The van der Waals surface area contributed by atoms with Crippen molar-refractivity contribution in [2.24, 2.45) is 0 Å². The van der Waals surface area contributed by atoms with Crippen molar-refractivity contribution in [3.05, 3.63) is 97.2 Å². The summed E-state index contributed by atoms with van der Waals surface area (Å²) in [7, 11) is 0. The van der Waals surface area contributed by atoms with Crippen molar-refractivity contribution in [1.82, 2.24) is 0 Å². The highest BCUT2D eigenvalue weighted by Gasteiger charge is 2.13. The molecule has 0 radical (unpaired) electrons. The summed E-state index contributed by atoms with van der Waals surface area (Å²) < 4.78 is 11.1. The van der Waals surface area contributed by atoms with Crippen LogP contribution in [0, 0.1) is 0 Å². The van der Waals surface area contributed by atoms with Gasteiger partial charge in [-0.2, -0.15) is 0 Å². The van der Waals surface area contributed by atoms with E-state index in [0.29, 0.717) is 13.0 Å². The molecule has 1 unspecified atom stereocenters. The fraction of sp³-hybridized carbons (Fsp3) is 0.653. The molecule has 0 amide bonds. The van der Waals surface area contributed by atoms with Crippen LogP contribution < -0.4 is 0 Å². The Morgan fingerprint density at radius 2 is 0.792 bits per heavy atom. The topological polar surface area (TPSA) is 55.8 Å². The Hall–Kier alpha value is -2.69. The summed E-state index contributed by atoms with van der Waals surface area (Å²) in [5, 5.41) is 9.60. The predicted octanol–water partition coefficient (Wildman–Crippen LogP) is 14.5. The van der Waals surface area contributed by atoms with Crippen molar-refractivity contribution >= 4 is 5.97 Å². The molecule has 4 nitrogen and oxygen atoms in total. The summed E-state index contributed by atoms with van der Waals surface area (Å²) in [5.41, 5.74) is 0. The van der Waals surface area contributed by atoms with Gasteiger partial charge >= 0.3 is 5.97 Å². The van der Waals surface area contributed by atoms with E-state index in [1.807, 2.05) is 0 Å². The predicted molar refractivity (Wildman–Crippen MR) is 232 cm³/mol. The minimum atomic E-state index is -0.562. The van der Waals surface area contributed by atoms with E-state index >= 15 is 0 Å². The SMILES string of the molecule is CC/C=C\C/C=C\C/C=C\C/C=C\CCCCCCCCCCCCCCCOCC(CO)OC(=O)CCCC/C=C\C/C=C\C/C=C\C/C=C\CC. The van der Waals surface area contributed by atoms with E-state index in [1.165, 1.54) is 83.5 Å². The van der Waals surface area contributed by atoms with E-state index in [1.54, 1.807) is 0 Å². The van der Waals surface area contributed by atoms with Gasteiger partial charge in [0.05, 0.1) is 13.2 Å². The van der Waals surface area contributed by atoms with Gasteiger partial charge in [0.1, 0.15) is 6.10 Å². The Kier molecular flexibility index (Phi) is 43.2. The molecule has 0 heterocycles. The number of ether oxygens (including phenoxy) is 2. The van der Waals surface area contributed by atoms with Crippen LogP contribution in [0.4, 0.5) is 0 Å². The van der Waals surface area contributed by atoms with Crippen molar-refractivity contribution in [1.29, 1.82) is 0 Å². The molecule has 0 aliphatic rings. The summed E-state index contributed by atoms with van der Waals surface area (Å²) >= 11 is 0. The number of carbonyl (C=O) groups is 1. The molecule has 302 valence electrons. The quantitative estimate of drug-likeness (QED) is 0.0388. The fourth-order valence-corrected chi connectivity index (χ4v) is 5.72. The molecule has 53 heavy (non-hydrogen) atoms. The second-order valence-electron chi connectivity index (χ2n) is 14.0. The van der Waals surface area contributed by atoms with E-state index in [4.69, 9.17) is 9.47 Å². The molecule has 0 aliphatic heterocycles. The molecular formula is C49H82O4. The number of rotatable bonds is 39. The van der Waals surface area contributed by atoms with E-state index in [-0.39, 0.29) is 19.2 Å². The number of carbonyl (C=O) groups excluding carboxylic acids is 1. The normalized spacial score (nSPS) is 13.3. The second kappa shape index (κ2) is 45.5. The number of aliphatic hydroxyl groups excluding tert-OH is 1. The maximum Gasteiger partial charge on any atom is 0.306 e. The molecule has 1 atom stereocenters. The maximum absolute atomic E-state index is 12.2. The highest BCUT2D eigenvalue weighted by Crippen LogP contribution is 2.13. The van der Waals surface area contributed by atoms with Gasteiger partial charge in [0.2, 0.25) is 0 Å². The summed E-state index contributed by atoms with van der Waals surface area (Å²) in [4.78, 5) is 12.2. The second-order valence-corrected chi connectivity index (χ2v) is 14.0. The first-order valence-electron chi connectivity index (χ1n) is 21.8. The largest absolute Gasteiger partial charge is 0.457 e. The van der Waals surface area contributed by atoms with Gasteiger partial charge in [-0.1, -0.05) is 182 Å². The van der Waals surface area contributed by atoms with Crippen molar-refractivity contribution in [3.63, 3.8) is 0 Å². The first kappa shape index (κ1) is 50.3. The van der Waals surface area contributed by atoms with Gasteiger partial charge < -0.3 is 14.6 Å². The number of esters is 1. The van der Waals surface area contributed by atoms with Crippen LogP contribution in [0.15, 0.2) is 97.2 Å². The Morgan fingerprint density at radius 1 is 0.453 bits per heavy atom. The zero-order chi connectivity index (χ0) is 38.4. The Balaban J connectivity index is 3.48. The first-order chi connectivity index (χ1) is 26.2. The smallest absolute Gasteiger partial charge is 0.306 e. The van der Waals surface area contributed by atoms with Gasteiger partial charge in [0.25, 0.3) is 0 Å². The zero-order valence-electron chi connectivity index (χ0n) is 34.5. The number of allylic oxidation sites excluding steroid dienone is 16. The Bertz CT molecular complexity index is 996. The van der Waals surface area contributed by atoms with Crippen molar-refractivity contribution in [2.75, 3.05) is 19.8 Å². The van der Waals surface area contributed by atoms with Crippen LogP contribution in [0.25, 0.3) is 0 Å². The third-order valence-corrected chi connectivity index (χ3v) is 8.90. The summed E-state index contributed by atoms with van der Waals surface area (Å²) in [6.45, 7) is 5.06. The molecule has 0 saturated carbocycles. The van der Waals surface area contributed by atoms with E-state index in [0.717, 1.165) is 77.0 Å². The van der Waals surface area contributed by atoms with Crippen molar-refractivity contribution < 1.29 is 19.4 Å². The van der Waals surface area contributed by atoms with Crippen LogP contribution >= 0.6 is 0 Å². The molecule has 0 saturated heterocycles. The molecule has 0 aromatic heterocycles. The van der Waals surface area contributed by atoms with Crippen LogP contribution in [0.2, 0.25) is 0 Å². The van der Waals surface area contributed by atoms with Crippen LogP contribution in [0.1, 0.15) is 181 Å². The monoisotopic (exact) mass is 735 g/mol. The van der Waals surface area contributed by atoms with Crippen LogP contribution in [0.3, 0.4) is 0 Å². The molecule has 1 N–H and O–H groups in total. The first-order valence-corrected chi connectivity index (χ1v) is 21.8. The average molecular weight is 735 g/mol. The lowest BCUT2D eigenvalue weighted by Crippen LogP contribution is -2.27. The molecule has 0 aromatic rings. The van der Waals surface area contributed by atoms with Crippen LogP contribution in [0.5, 0.6) is 0 Å². The fourth-order valence-electron chi connectivity index (χ4n) is 5.72. The van der Waals surface area contributed by atoms with E-state index < -0.39 is 6.10 Å². The molecule has 0 bridgehead atoms. The molecule has 0 fully saturated rings. The summed E-state index contributed by atoms with van der Waals surface area (Å²) in [6, 6.07) is 0. The Morgan fingerprint density at radius 3 is 1.19 bits per heavy atom. The number of unbranched alkanes of at least 4 members (excludes halogenated alkanes) is 15. The minimum absolute atomic E-state index is 0.194. The summed E-state index contributed by atoms with van der Waals surface area (Å²) in [6.07, 6.45) is 64.8. The lowest BCUT2D eigenvalue weighted by molar-refractivity contribution is -0.154. The number of hydrogen-bond acceptors (Lipinski definition) is 4. The van der Waals surface area contributed by atoms with Gasteiger partial charge in [-0.05, 0) is 89.9 Å². The molecular weight excluding hydrogens is 653 g/mol. The standard InChI is InChI=1S/C49H82O4/c1-3-5-7-9-11-13-15-17-19-20-21-22-23-24-25-26-27-28-29-31-33-35-37-39-41-43-45-52-47-48(46-50)53-49(51)44-42-40-38-36-34-32-30-18-16-14-12-10-8-6-4-2/h5-8,11-14,17-19,21-22,30,34,36,48,50H,3-4,9-10,15-16,20,23-29,31-33,35,37-47H2,1-2H3/b7-5-,8-6-,13-11-,14-12-,19-17-,22-21-,30-18-,36-34-.